The second kappa shape index (κ2) is 7.17. The van der Waals surface area contributed by atoms with Crippen LogP contribution in [0.2, 0.25) is 0 Å². The topological polar surface area (TPSA) is 87.2 Å². The summed E-state index contributed by atoms with van der Waals surface area (Å²) in [6, 6.07) is 7.38. The van der Waals surface area contributed by atoms with Crippen molar-refractivity contribution in [1.29, 1.82) is 0 Å². The first-order valence-corrected chi connectivity index (χ1v) is 10.6. The van der Waals surface area contributed by atoms with Crippen LogP contribution < -0.4 is 4.74 Å². The molecule has 8 heteroatoms. The number of benzene rings is 1. The number of hydrogen-bond donors (Lipinski definition) is 1. The van der Waals surface area contributed by atoms with Crippen LogP contribution in [-0.4, -0.2) is 74.8 Å². The van der Waals surface area contributed by atoms with Gasteiger partial charge in [-0.15, -0.1) is 0 Å². The largest absolute Gasteiger partial charge is 0.497 e. The SMILES string of the molecule is COc1ccc(CC(=O)N2CC[C@H]3CN(S(C)(=O)=O)C[C@@]3(CO)C2)cc1. The summed E-state index contributed by atoms with van der Waals surface area (Å²) in [7, 11) is -1.70. The molecule has 2 heterocycles. The van der Waals surface area contributed by atoms with Crippen molar-refractivity contribution in [2.75, 3.05) is 46.2 Å². The predicted octanol–water partition coefficient (Wildman–Crippen LogP) is 0.340. The van der Waals surface area contributed by atoms with Crippen LogP contribution in [-0.2, 0) is 21.2 Å². The molecule has 0 saturated carbocycles. The molecule has 26 heavy (non-hydrogen) atoms. The van der Waals surface area contributed by atoms with Gasteiger partial charge in [0.05, 0.1) is 26.4 Å². The highest BCUT2D eigenvalue weighted by Crippen LogP contribution is 2.42. The van der Waals surface area contributed by atoms with Crippen molar-refractivity contribution in [3.05, 3.63) is 29.8 Å². The maximum absolute atomic E-state index is 12.7. The van der Waals surface area contributed by atoms with Gasteiger partial charge in [0.1, 0.15) is 5.75 Å². The van der Waals surface area contributed by atoms with Gasteiger partial charge < -0.3 is 14.7 Å². The molecule has 0 aliphatic carbocycles. The van der Waals surface area contributed by atoms with Crippen LogP contribution in [0.3, 0.4) is 0 Å². The van der Waals surface area contributed by atoms with Gasteiger partial charge in [-0.3, -0.25) is 4.79 Å². The van der Waals surface area contributed by atoms with Crippen molar-refractivity contribution >= 4 is 15.9 Å². The molecule has 144 valence electrons. The summed E-state index contributed by atoms with van der Waals surface area (Å²) in [5.41, 5.74) is 0.344. The number of carbonyl (C=O) groups is 1. The number of rotatable bonds is 5. The molecule has 0 unspecified atom stereocenters. The van der Waals surface area contributed by atoms with Crippen LogP contribution >= 0.6 is 0 Å². The molecule has 7 nitrogen and oxygen atoms in total. The summed E-state index contributed by atoms with van der Waals surface area (Å²) in [5.74, 6) is 0.833. The number of fused-ring (bicyclic) bond motifs is 1. The number of aliphatic hydroxyl groups excluding tert-OH is 1. The average molecular weight is 382 g/mol. The Morgan fingerprint density at radius 2 is 2.00 bits per heavy atom. The number of amides is 1. The molecule has 0 aromatic heterocycles. The Morgan fingerprint density at radius 1 is 1.31 bits per heavy atom. The highest BCUT2D eigenvalue weighted by atomic mass is 32.2. The van der Waals surface area contributed by atoms with Crippen LogP contribution in [0.5, 0.6) is 5.75 Å². The lowest BCUT2D eigenvalue weighted by atomic mass is 9.74. The molecule has 1 aromatic carbocycles. The summed E-state index contributed by atoms with van der Waals surface area (Å²) >= 11 is 0. The molecular weight excluding hydrogens is 356 g/mol. The quantitative estimate of drug-likeness (QED) is 0.794. The van der Waals surface area contributed by atoms with E-state index in [4.69, 9.17) is 4.74 Å². The molecule has 1 aromatic rings. The number of aliphatic hydroxyl groups is 1. The van der Waals surface area contributed by atoms with E-state index in [0.29, 0.717) is 26.1 Å². The molecule has 0 bridgehead atoms. The summed E-state index contributed by atoms with van der Waals surface area (Å²) in [6.45, 7) is 1.59. The van der Waals surface area contributed by atoms with Gasteiger partial charge in [-0.2, -0.15) is 0 Å². The Bertz CT molecular complexity index is 764. The average Bonchev–Trinajstić information content (AvgIpc) is 3.02. The summed E-state index contributed by atoms with van der Waals surface area (Å²) in [5, 5.41) is 10.0. The summed E-state index contributed by atoms with van der Waals surface area (Å²) < 4.78 is 30.4. The maximum atomic E-state index is 12.7. The zero-order valence-corrected chi connectivity index (χ0v) is 16.0. The van der Waals surface area contributed by atoms with Crippen molar-refractivity contribution in [2.24, 2.45) is 11.3 Å². The molecule has 2 fully saturated rings. The number of carbonyl (C=O) groups excluding carboxylic acids is 1. The van der Waals surface area contributed by atoms with Gasteiger partial charge >= 0.3 is 0 Å². The van der Waals surface area contributed by atoms with E-state index in [1.165, 1.54) is 10.6 Å². The van der Waals surface area contributed by atoms with Gasteiger partial charge in [-0.05, 0) is 30.0 Å². The smallest absolute Gasteiger partial charge is 0.227 e. The van der Waals surface area contributed by atoms with Gasteiger partial charge in [0, 0.05) is 31.6 Å². The zero-order chi connectivity index (χ0) is 18.9. The molecule has 0 spiro atoms. The molecule has 2 atom stereocenters. The van der Waals surface area contributed by atoms with Crippen LogP contribution in [0.25, 0.3) is 0 Å². The number of nitrogens with zero attached hydrogens (tertiary/aromatic N) is 2. The number of likely N-dealkylation sites (tertiary alicyclic amines) is 1. The Balaban J connectivity index is 1.69. The Kier molecular flexibility index (Phi) is 5.28. The Labute approximate surface area is 154 Å². The van der Waals surface area contributed by atoms with E-state index >= 15 is 0 Å². The maximum Gasteiger partial charge on any atom is 0.227 e. The third-order valence-electron chi connectivity index (χ3n) is 5.69. The Morgan fingerprint density at radius 3 is 2.58 bits per heavy atom. The molecular formula is C18H26N2O5S. The highest BCUT2D eigenvalue weighted by Gasteiger charge is 2.52. The monoisotopic (exact) mass is 382 g/mol. The minimum absolute atomic E-state index is 0.000697. The van der Waals surface area contributed by atoms with Crippen molar-refractivity contribution in [2.45, 2.75) is 12.8 Å². The fraction of sp³-hybridized carbons (Fsp3) is 0.611. The highest BCUT2D eigenvalue weighted by molar-refractivity contribution is 7.88. The van der Waals surface area contributed by atoms with E-state index in [1.54, 1.807) is 12.0 Å². The number of methoxy groups -OCH3 is 1. The molecule has 0 radical (unpaired) electrons. The number of piperidine rings is 1. The molecule has 2 saturated heterocycles. The first-order valence-electron chi connectivity index (χ1n) is 8.74. The van der Waals surface area contributed by atoms with Gasteiger partial charge in [0.2, 0.25) is 15.9 Å². The fourth-order valence-electron chi connectivity index (χ4n) is 4.06. The summed E-state index contributed by atoms with van der Waals surface area (Å²) in [6.07, 6.45) is 2.19. The standard InChI is InChI=1S/C18H26N2O5S/c1-25-16-5-3-14(4-6-16)9-17(22)19-8-7-15-10-20(26(2,23)24)12-18(15,11-19)13-21/h3-6,15,21H,7-13H2,1-2H3/t15-,18+/m0/s1. The van der Waals surface area contributed by atoms with Crippen LogP contribution in [0.1, 0.15) is 12.0 Å². The molecule has 2 aliphatic rings. The van der Waals surface area contributed by atoms with Gasteiger partial charge in [0.15, 0.2) is 0 Å². The van der Waals surface area contributed by atoms with Gasteiger partial charge in [0.25, 0.3) is 0 Å². The van der Waals surface area contributed by atoms with E-state index in [2.05, 4.69) is 0 Å². The minimum Gasteiger partial charge on any atom is -0.497 e. The molecule has 1 N–H and O–H groups in total. The van der Waals surface area contributed by atoms with E-state index in [0.717, 1.165) is 11.3 Å². The summed E-state index contributed by atoms with van der Waals surface area (Å²) in [4.78, 5) is 14.5. The third kappa shape index (κ3) is 3.72. The molecule has 1 amide bonds. The first-order chi connectivity index (χ1) is 12.3. The Hall–Kier alpha value is -1.64. The second-order valence-corrected chi connectivity index (χ2v) is 9.38. The van der Waals surface area contributed by atoms with Gasteiger partial charge in [-0.25, -0.2) is 12.7 Å². The lowest BCUT2D eigenvalue weighted by molar-refractivity contribution is -0.135. The fourth-order valence-corrected chi connectivity index (χ4v) is 5.00. The number of hydrogen-bond acceptors (Lipinski definition) is 5. The predicted molar refractivity (Wildman–Crippen MR) is 97.3 cm³/mol. The van der Waals surface area contributed by atoms with Crippen LogP contribution in [0.15, 0.2) is 24.3 Å². The first kappa shape index (κ1) is 19.1. The van der Waals surface area contributed by atoms with Crippen molar-refractivity contribution in [3.63, 3.8) is 0 Å². The third-order valence-corrected chi connectivity index (χ3v) is 6.90. The van der Waals surface area contributed by atoms with Crippen LogP contribution in [0.4, 0.5) is 0 Å². The van der Waals surface area contributed by atoms with Gasteiger partial charge in [-0.1, -0.05) is 12.1 Å². The van der Waals surface area contributed by atoms with Crippen molar-refractivity contribution < 1.29 is 23.1 Å². The second-order valence-electron chi connectivity index (χ2n) is 7.40. The number of sulfonamides is 1. The van der Waals surface area contributed by atoms with Crippen molar-refractivity contribution in [3.8, 4) is 5.75 Å². The van der Waals surface area contributed by atoms with E-state index in [9.17, 15) is 18.3 Å². The minimum atomic E-state index is -3.29. The van der Waals surface area contributed by atoms with Crippen LogP contribution in [0, 0.1) is 11.3 Å². The van der Waals surface area contributed by atoms with E-state index in [-0.39, 0.29) is 31.4 Å². The molecule has 2 aliphatic heterocycles. The normalized spacial score (nSPS) is 26.6. The zero-order valence-electron chi connectivity index (χ0n) is 15.2. The lowest BCUT2D eigenvalue weighted by Crippen LogP contribution is -2.53. The van der Waals surface area contributed by atoms with E-state index in [1.807, 2.05) is 24.3 Å². The van der Waals surface area contributed by atoms with E-state index < -0.39 is 15.4 Å². The lowest BCUT2D eigenvalue weighted by Gasteiger charge is -2.43. The molecule has 3 rings (SSSR count). The number of ether oxygens (including phenoxy) is 1. The van der Waals surface area contributed by atoms with Crippen molar-refractivity contribution in [1.82, 2.24) is 9.21 Å².